The van der Waals surface area contributed by atoms with Crippen molar-refractivity contribution in [3.63, 3.8) is 0 Å². The van der Waals surface area contributed by atoms with Gasteiger partial charge in [-0.05, 0) is 40.2 Å². The molecule has 1 aromatic heterocycles. The number of nitrogens with zero attached hydrogens (tertiary/aromatic N) is 2. The minimum Gasteiger partial charge on any atom is -0.480 e. The van der Waals surface area contributed by atoms with Crippen LogP contribution in [0.5, 0.6) is 5.88 Å². The fourth-order valence-corrected chi connectivity index (χ4v) is 2.21. The van der Waals surface area contributed by atoms with Crippen LogP contribution in [0.3, 0.4) is 0 Å². The molecule has 1 atom stereocenters. The Morgan fingerprint density at radius 1 is 1.35 bits per heavy atom. The Morgan fingerprint density at radius 2 is 2.10 bits per heavy atom. The number of rotatable bonds is 5. The summed E-state index contributed by atoms with van der Waals surface area (Å²) in [4.78, 5) is 8.45. The molecule has 0 saturated carbocycles. The topological polar surface area (TPSA) is 47.0 Å². The number of methoxy groups -OCH3 is 1. The van der Waals surface area contributed by atoms with Gasteiger partial charge in [0.25, 0.3) is 0 Å². The van der Waals surface area contributed by atoms with E-state index in [4.69, 9.17) is 4.74 Å². The van der Waals surface area contributed by atoms with Crippen LogP contribution in [0.2, 0.25) is 0 Å². The maximum absolute atomic E-state index is 13.7. The summed E-state index contributed by atoms with van der Waals surface area (Å²) in [6.45, 7) is 2.69. The largest absolute Gasteiger partial charge is 0.480 e. The summed E-state index contributed by atoms with van der Waals surface area (Å²) >= 11 is 3.15. The number of aromatic nitrogens is 2. The fourth-order valence-electron chi connectivity index (χ4n) is 1.96. The Kier molecular flexibility index (Phi) is 5.03. The van der Waals surface area contributed by atoms with E-state index in [-0.39, 0.29) is 11.9 Å². The molecule has 0 aliphatic carbocycles. The first-order valence-corrected chi connectivity index (χ1v) is 6.99. The monoisotopic (exact) mass is 339 g/mol. The lowest BCUT2D eigenvalue weighted by Crippen LogP contribution is -2.24. The van der Waals surface area contributed by atoms with Gasteiger partial charge in [0, 0.05) is 12.4 Å². The lowest BCUT2D eigenvalue weighted by molar-refractivity contribution is 0.383. The number of ether oxygens (including phenoxy) is 1. The Bertz CT molecular complexity index is 594. The summed E-state index contributed by atoms with van der Waals surface area (Å²) in [6, 6.07) is 4.73. The van der Waals surface area contributed by atoms with Crippen LogP contribution in [-0.2, 0) is 0 Å². The minimum absolute atomic E-state index is 0.272. The molecular weight excluding hydrogens is 325 g/mol. The van der Waals surface area contributed by atoms with Gasteiger partial charge in [-0.2, -0.15) is 0 Å². The fraction of sp³-hybridized carbons (Fsp3) is 0.286. The Balaban J connectivity index is 2.47. The van der Waals surface area contributed by atoms with E-state index < -0.39 is 0 Å². The summed E-state index contributed by atoms with van der Waals surface area (Å²) in [5.74, 6) is 0.120. The Labute approximate surface area is 125 Å². The van der Waals surface area contributed by atoms with Crippen LogP contribution in [-0.4, -0.2) is 23.6 Å². The highest BCUT2D eigenvalue weighted by Gasteiger charge is 2.20. The standard InChI is InChI=1S/C14H15BrFN3O/c1-3-17-12(9-4-5-10(15)11(16)8-9)13-14(20-2)19-7-6-18-13/h4-8,12,17H,3H2,1-2H3. The zero-order chi connectivity index (χ0) is 14.5. The van der Waals surface area contributed by atoms with Gasteiger partial charge in [-0.25, -0.2) is 9.37 Å². The Morgan fingerprint density at radius 3 is 2.75 bits per heavy atom. The van der Waals surface area contributed by atoms with Crippen LogP contribution in [0.4, 0.5) is 4.39 Å². The van der Waals surface area contributed by atoms with Crippen LogP contribution in [0.25, 0.3) is 0 Å². The molecule has 0 spiro atoms. The molecule has 0 bridgehead atoms. The van der Waals surface area contributed by atoms with Gasteiger partial charge < -0.3 is 10.1 Å². The van der Waals surface area contributed by atoms with E-state index in [2.05, 4.69) is 31.2 Å². The summed E-state index contributed by atoms with van der Waals surface area (Å²) < 4.78 is 19.4. The average molecular weight is 340 g/mol. The van der Waals surface area contributed by atoms with Gasteiger partial charge in [0.1, 0.15) is 11.5 Å². The van der Waals surface area contributed by atoms with Crippen molar-refractivity contribution in [3.8, 4) is 5.88 Å². The van der Waals surface area contributed by atoms with E-state index in [1.807, 2.05) is 13.0 Å². The van der Waals surface area contributed by atoms with Gasteiger partial charge in [-0.3, -0.25) is 4.98 Å². The van der Waals surface area contributed by atoms with Crippen molar-refractivity contribution in [1.29, 1.82) is 0 Å². The summed E-state index contributed by atoms with van der Waals surface area (Å²) in [5, 5.41) is 3.27. The summed E-state index contributed by atoms with van der Waals surface area (Å²) in [7, 11) is 1.54. The molecule has 0 aliphatic rings. The van der Waals surface area contributed by atoms with E-state index in [0.717, 1.165) is 5.56 Å². The zero-order valence-electron chi connectivity index (χ0n) is 11.2. The molecule has 2 rings (SSSR count). The molecule has 0 fully saturated rings. The van der Waals surface area contributed by atoms with Crippen molar-refractivity contribution < 1.29 is 9.13 Å². The number of hydrogen-bond acceptors (Lipinski definition) is 4. The molecule has 0 amide bonds. The molecule has 1 heterocycles. The summed E-state index contributed by atoms with van der Waals surface area (Å²) in [6.07, 6.45) is 3.16. The molecule has 0 saturated heterocycles. The van der Waals surface area contributed by atoms with Gasteiger partial charge in [-0.1, -0.05) is 13.0 Å². The molecule has 1 aromatic carbocycles. The van der Waals surface area contributed by atoms with Crippen LogP contribution < -0.4 is 10.1 Å². The lowest BCUT2D eigenvalue weighted by atomic mass is 10.0. The van der Waals surface area contributed by atoms with Crippen molar-refractivity contribution in [2.45, 2.75) is 13.0 Å². The van der Waals surface area contributed by atoms with Crippen LogP contribution in [0.15, 0.2) is 35.1 Å². The van der Waals surface area contributed by atoms with E-state index in [9.17, 15) is 4.39 Å². The first-order chi connectivity index (χ1) is 9.67. The third-order valence-corrected chi connectivity index (χ3v) is 3.49. The molecule has 20 heavy (non-hydrogen) atoms. The number of nitrogens with one attached hydrogen (secondary N) is 1. The molecule has 2 aromatic rings. The van der Waals surface area contributed by atoms with Crippen molar-refractivity contribution in [1.82, 2.24) is 15.3 Å². The van der Waals surface area contributed by atoms with Crippen molar-refractivity contribution in [2.24, 2.45) is 0 Å². The van der Waals surface area contributed by atoms with Crippen LogP contribution in [0.1, 0.15) is 24.2 Å². The van der Waals surface area contributed by atoms with Gasteiger partial charge in [0.05, 0.1) is 17.6 Å². The molecule has 6 heteroatoms. The van der Waals surface area contributed by atoms with Crippen molar-refractivity contribution >= 4 is 15.9 Å². The third-order valence-electron chi connectivity index (χ3n) is 2.84. The average Bonchev–Trinajstić information content (AvgIpc) is 2.48. The lowest BCUT2D eigenvalue weighted by Gasteiger charge is -2.19. The molecule has 0 radical (unpaired) electrons. The second-order valence-corrected chi connectivity index (χ2v) is 4.97. The van der Waals surface area contributed by atoms with E-state index in [0.29, 0.717) is 22.6 Å². The van der Waals surface area contributed by atoms with E-state index in [1.54, 1.807) is 25.6 Å². The number of halogens is 2. The smallest absolute Gasteiger partial charge is 0.237 e. The highest BCUT2D eigenvalue weighted by Crippen LogP contribution is 2.28. The van der Waals surface area contributed by atoms with Gasteiger partial charge in [0.2, 0.25) is 5.88 Å². The first kappa shape index (κ1) is 14.9. The van der Waals surface area contributed by atoms with Crippen molar-refractivity contribution in [3.05, 3.63) is 52.1 Å². The van der Waals surface area contributed by atoms with E-state index in [1.165, 1.54) is 6.07 Å². The predicted molar refractivity (Wildman–Crippen MR) is 78.2 cm³/mol. The highest BCUT2D eigenvalue weighted by atomic mass is 79.9. The quantitative estimate of drug-likeness (QED) is 0.909. The minimum atomic E-state index is -0.312. The zero-order valence-corrected chi connectivity index (χ0v) is 12.8. The van der Waals surface area contributed by atoms with Gasteiger partial charge in [0.15, 0.2) is 0 Å². The van der Waals surface area contributed by atoms with Crippen LogP contribution >= 0.6 is 15.9 Å². The Hall–Kier alpha value is -1.53. The molecular formula is C14H15BrFN3O. The normalized spacial score (nSPS) is 12.2. The van der Waals surface area contributed by atoms with Gasteiger partial charge >= 0.3 is 0 Å². The highest BCUT2D eigenvalue weighted by molar-refractivity contribution is 9.10. The maximum atomic E-state index is 13.7. The molecule has 0 aliphatic heterocycles. The van der Waals surface area contributed by atoms with Crippen LogP contribution in [0, 0.1) is 5.82 Å². The molecule has 4 nitrogen and oxygen atoms in total. The number of hydrogen-bond donors (Lipinski definition) is 1. The molecule has 106 valence electrons. The first-order valence-electron chi connectivity index (χ1n) is 6.20. The second kappa shape index (κ2) is 6.76. The number of benzene rings is 1. The molecule has 1 unspecified atom stereocenters. The van der Waals surface area contributed by atoms with Gasteiger partial charge in [-0.15, -0.1) is 0 Å². The SMILES string of the molecule is CCNC(c1ccc(Br)c(F)c1)c1nccnc1OC. The van der Waals surface area contributed by atoms with E-state index >= 15 is 0 Å². The molecule has 1 N–H and O–H groups in total. The maximum Gasteiger partial charge on any atom is 0.237 e. The predicted octanol–water partition coefficient (Wildman–Crippen LogP) is 3.09. The third kappa shape index (κ3) is 3.13. The second-order valence-electron chi connectivity index (χ2n) is 4.12. The summed E-state index contributed by atoms with van der Waals surface area (Å²) in [5.41, 5.74) is 1.41. The van der Waals surface area contributed by atoms with Crippen molar-refractivity contribution in [2.75, 3.05) is 13.7 Å².